The Morgan fingerprint density at radius 1 is 1.39 bits per heavy atom. The third-order valence-electron chi connectivity index (χ3n) is 4.34. The Bertz CT molecular complexity index is 702. The molecular weight excluding hydrogens is 290 g/mol. The molecule has 0 fully saturated rings. The summed E-state index contributed by atoms with van der Waals surface area (Å²) >= 11 is 0. The van der Waals surface area contributed by atoms with Gasteiger partial charge in [-0.15, -0.1) is 0 Å². The van der Waals surface area contributed by atoms with Crippen LogP contribution < -0.4 is 10.1 Å². The molecule has 2 aromatic rings. The fourth-order valence-corrected chi connectivity index (χ4v) is 3.05. The quantitative estimate of drug-likeness (QED) is 0.944. The fraction of sp³-hybridized carbons (Fsp3) is 0.333. The average Bonchev–Trinajstić information content (AvgIpc) is 3.03. The van der Waals surface area contributed by atoms with Crippen molar-refractivity contribution >= 4 is 6.03 Å². The van der Waals surface area contributed by atoms with E-state index in [1.54, 1.807) is 18.2 Å². The summed E-state index contributed by atoms with van der Waals surface area (Å²) in [6.45, 7) is 0.455. The largest absolute Gasteiger partial charge is 0.481 e. The molecule has 0 bridgehead atoms. The first-order chi connectivity index (χ1) is 11.2. The zero-order valence-electron chi connectivity index (χ0n) is 13.5. The SMILES string of the molecule is COc1cc(CNC(=O)N(C)C2CCc3ccccc32)ccn1. The Balaban J connectivity index is 1.62. The number of hydrogen-bond donors (Lipinski definition) is 1. The van der Waals surface area contributed by atoms with E-state index >= 15 is 0 Å². The second-order valence-electron chi connectivity index (χ2n) is 5.73. The van der Waals surface area contributed by atoms with E-state index in [-0.39, 0.29) is 12.1 Å². The number of benzene rings is 1. The number of urea groups is 1. The minimum atomic E-state index is -0.0671. The second kappa shape index (κ2) is 6.69. The highest BCUT2D eigenvalue weighted by molar-refractivity contribution is 5.74. The number of methoxy groups -OCH3 is 1. The van der Waals surface area contributed by atoms with Crippen molar-refractivity contribution in [3.8, 4) is 5.88 Å². The van der Waals surface area contributed by atoms with Crippen LogP contribution in [0.4, 0.5) is 4.79 Å². The highest BCUT2D eigenvalue weighted by Crippen LogP contribution is 2.34. The number of nitrogens with zero attached hydrogens (tertiary/aromatic N) is 2. The van der Waals surface area contributed by atoms with Crippen molar-refractivity contribution < 1.29 is 9.53 Å². The van der Waals surface area contributed by atoms with Gasteiger partial charge in [0.05, 0.1) is 13.2 Å². The summed E-state index contributed by atoms with van der Waals surface area (Å²) in [5.74, 6) is 0.551. The van der Waals surface area contributed by atoms with Crippen molar-refractivity contribution in [3.05, 3.63) is 59.3 Å². The monoisotopic (exact) mass is 311 g/mol. The minimum absolute atomic E-state index is 0.0671. The summed E-state index contributed by atoms with van der Waals surface area (Å²) < 4.78 is 5.10. The zero-order chi connectivity index (χ0) is 16.2. The summed E-state index contributed by atoms with van der Waals surface area (Å²) in [6.07, 6.45) is 3.68. The molecule has 23 heavy (non-hydrogen) atoms. The summed E-state index contributed by atoms with van der Waals surface area (Å²) in [5, 5.41) is 2.96. The normalized spacial score (nSPS) is 15.8. The van der Waals surface area contributed by atoms with Crippen LogP contribution in [0.1, 0.15) is 29.2 Å². The van der Waals surface area contributed by atoms with Crippen LogP contribution in [0.15, 0.2) is 42.6 Å². The molecule has 1 aromatic heterocycles. The Morgan fingerprint density at radius 2 is 2.22 bits per heavy atom. The van der Waals surface area contributed by atoms with Gasteiger partial charge < -0.3 is 15.0 Å². The van der Waals surface area contributed by atoms with Crippen LogP contribution >= 0.6 is 0 Å². The highest BCUT2D eigenvalue weighted by Gasteiger charge is 2.28. The Labute approximate surface area is 136 Å². The lowest BCUT2D eigenvalue weighted by molar-refractivity contribution is 0.190. The Hall–Kier alpha value is -2.56. The van der Waals surface area contributed by atoms with E-state index in [1.807, 2.05) is 25.2 Å². The second-order valence-corrected chi connectivity index (χ2v) is 5.73. The molecule has 5 nitrogen and oxygen atoms in total. The topological polar surface area (TPSA) is 54.5 Å². The molecule has 1 N–H and O–H groups in total. The van der Waals surface area contributed by atoms with Crippen molar-refractivity contribution in [3.63, 3.8) is 0 Å². The van der Waals surface area contributed by atoms with Crippen LogP contribution in [0.25, 0.3) is 0 Å². The van der Waals surface area contributed by atoms with E-state index in [0.29, 0.717) is 12.4 Å². The van der Waals surface area contributed by atoms with Crippen LogP contribution in [-0.2, 0) is 13.0 Å². The molecule has 5 heteroatoms. The van der Waals surface area contributed by atoms with Gasteiger partial charge in [-0.25, -0.2) is 9.78 Å². The minimum Gasteiger partial charge on any atom is -0.481 e. The summed E-state index contributed by atoms with van der Waals surface area (Å²) in [7, 11) is 3.44. The molecule has 0 saturated carbocycles. The first-order valence-corrected chi connectivity index (χ1v) is 7.76. The van der Waals surface area contributed by atoms with Crippen LogP contribution in [0.5, 0.6) is 5.88 Å². The molecular formula is C18H21N3O2. The van der Waals surface area contributed by atoms with Gasteiger partial charge >= 0.3 is 6.03 Å². The highest BCUT2D eigenvalue weighted by atomic mass is 16.5. The number of rotatable bonds is 4. The third kappa shape index (κ3) is 3.28. The van der Waals surface area contributed by atoms with Crippen molar-refractivity contribution in [1.82, 2.24) is 15.2 Å². The van der Waals surface area contributed by atoms with Gasteiger partial charge in [-0.05, 0) is 35.6 Å². The third-order valence-corrected chi connectivity index (χ3v) is 4.34. The molecule has 0 aliphatic heterocycles. The Kier molecular flexibility index (Phi) is 4.46. The number of pyridine rings is 1. The smallest absolute Gasteiger partial charge is 0.317 e. The number of carbonyl (C=O) groups is 1. The predicted molar refractivity (Wildman–Crippen MR) is 88.3 cm³/mol. The lowest BCUT2D eigenvalue weighted by Crippen LogP contribution is -2.38. The number of fused-ring (bicyclic) bond motifs is 1. The van der Waals surface area contributed by atoms with Crippen LogP contribution in [0.3, 0.4) is 0 Å². The molecule has 1 unspecified atom stereocenters. The lowest BCUT2D eigenvalue weighted by Gasteiger charge is -2.25. The standard InChI is InChI=1S/C18H21N3O2/c1-21(16-8-7-14-5-3-4-6-15(14)16)18(22)20-12-13-9-10-19-17(11-13)23-2/h3-6,9-11,16H,7-8,12H2,1-2H3,(H,20,22). The van der Waals surface area contributed by atoms with Crippen LogP contribution in [0, 0.1) is 0 Å². The van der Waals surface area contributed by atoms with Gasteiger partial charge in [-0.3, -0.25) is 0 Å². The van der Waals surface area contributed by atoms with Gasteiger partial charge in [0.25, 0.3) is 0 Å². The van der Waals surface area contributed by atoms with Gasteiger partial charge in [0, 0.05) is 25.9 Å². The van der Waals surface area contributed by atoms with Crippen LogP contribution in [-0.4, -0.2) is 30.1 Å². The molecule has 120 valence electrons. The fourth-order valence-electron chi connectivity index (χ4n) is 3.05. The molecule has 1 atom stereocenters. The lowest BCUT2D eigenvalue weighted by atomic mass is 10.1. The maximum Gasteiger partial charge on any atom is 0.317 e. The summed E-state index contributed by atoms with van der Waals surface area (Å²) in [6, 6.07) is 12.1. The van der Waals surface area contributed by atoms with Crippen molar-refractivity contribution in [1.29, 1.82) is 0 Å². The van der Waals surface area contributed by atoms with Crippen molar-refractivity contribution in [2.24, 2.45) is 0 Å². The molecule has 0 radical (unpaired) electrons. The molecule has 0 spiro atoms. The maximum absolute atomic E-state index is 12.4. The van der Waals surface area contributed by atoms with Gasteiger partial charge in [0.15, 0.2) is 0 Å². The number of aryl methyl sites for hydroxylation is 1. The van der Waals surface area contributed by atoms with Gasteiger partial charge in [0.1, 0.15) is 0 Å². The number of ether oxygens (including phenoxy) is 1. The molecule has 1 aliphatic carbocycles. The molecule has 0 saturated heterocycles. The van der Waals surface area contributed by atoms with E-state index in [0.717, 1.165) is 18.4 Å². The van der Waals surface area contributed by atoms with Crippen molar-refractivity contribution in [2.75, 3.05) is 14.2 Å². The maximum atomic E-state index is 12.4. The van der Waals surface area contributed by atoms with E-state index < -0.39 is 0 Å². The zero-order valence-corrected chi connectivity index (χ0v) is 13.5. The number of nitrogens with one attached hydrogen (secondary N) is 1. The van der Waals surface area contributed by atoms with Crippen LogP contribution in [0.2, 0.25) is 0 Å². The predicted octanol–water partition coefficient (Wildman–Crippen LogP) is 2.92. The number of aromatic nitrogens is 1. The summed E-state index contributed by atoms with van der Waals surface area (Å²) in [5.41, 5.74) is 3.57. The van der Waals surface area contributed by atoms with E-state index in [1.165, 1.54) is 11.1 Å². The molecule has 2 amide bonds. The first kappa shape index (κ1) is 15.3. The molecule has 1 aromatic carbocycles. The van der Waals surface area contributed by atoms with E-state index in [2.05, 4.69) is 28.5 Å². The molecule has 1 heterocycles. The van der Waals surface area contributed by atoms with Gasteiger partial charge in [-0.1, -0.05) is 24.3 Å². The molecule has 3 rings (SSSR count). The van der Waals surface area contributed by atoms with E-state index in [9.17, 15) is 4.79 Å². The van der Waals surface area contributed by atoms with Gasteiger partial charge in [0.2, 0.25) is 5.88 Å². The van der Waals surface area contributed by atoms with E-state index in [4.69, 9.17) is 4.74 Å². The summed E-state index contributed by atoms with van der Waals surface area (Å²) in [4.78, 5) is 18.3. The van der Waals surface area contributed by atoms with Gasteiger partial charge in [-0.2, -0.15) is 0 Å². The van der Waals surface area contributed by atoms with Crippen molar-refractivity contribution in [2.45, 2.75) is 25.4 Å². The first-order valence-electron chi connectivity index (χ1n) is 7.76. The number of hydrogen-bond acceptors (Lipinski definition) is 3. The number of carbonyl (C=O) groups excluding carboxylic acids is 1. The Morgan fingerprint density at radius 3 is 3.04 bits per heavy atom. The number of amides is 2. The molecule has 1 aliphatic rings. The average molecular weight is 311 g/mol.